The van der Waals surface area contributed by atoms with Gasteiger partial charge in [0.25, 0.3) is 0 Å². The smallest absolute Gasteiger partial charge is 0.324 e. The summed E-state index contributed by atoms with van der Waals surface area (Å²) in [7, 11) is 0. The molecule has 0 radical (unpaired) electrons. The third-order valence-electron chi connectivity index (χ3n) is 3.15. The molecule has 6 nitrogen and oxygen atoms in total. The number of nitrogens with zero attached hydrogens (tertiary/aromatic N) is 1. The highest BCUT2D eigenvalue weighted by Gasteiger charge is 2.27. The molecule has 2 heterocycles. The van der Waals surface area contributed by atoms with E-state index in [1.54, 1.807) is 11.8 Å². The fraction of sp³-hybridized carbons (Fsp3) is 0.385. The van der Waals surface area contributed by atoms with Gasteiger partial charge >= 0.3 is 6.03 Å². The van der Waals surface area contributed by atoms with Crippen LogP contribution in [-0.2, 0) is 10.5 Å². The van der Waals surface area contributed by atoms with E-state index >= 15 is 0 Å². The second kappa shape index (κ2) is 6.03. The third kappa shape index (κ3) is 3.03. The molecule has 0 saturated carbocycles. The van der Waals surface area contributed by atoms with Crippen molar-refractivity contribution in [2.24, 2.45) is 0 Å². The minimum Gasteiger partial charge on any atom is -0.454 e. The van der Waals surface area contributed by atoms with E-state index < -0.39 is 0 Å². The number of halogens is 1. The molecule has 112 valence electrons. The Kier molecular flexibility index (Phi) is 4.12. The van der Waals surface area contributed by atoms with Crippen LogP contribution in [0, 0.1) is 0 Å². The molecular weight excluding hydrogens is 316 g/mol. The van der Waals surface area contributed by atoms with Crippen LogP contribution in [0.25, 0.3) is 0 Å². The molecule has 0 aromatic heterocycles. The van der Waals surface area contributed by atoms with E-state index in [2.05, 4.69) is 5.32 Å². The lowest BCUT2D eigenvalue weighted by Crippen LogP contribution is -2.32. The van der Waals surface area contributed by atoms with Gasteiger partial charge in [0.2, 0.25) is 12.7 Å². The third-order valence-corrected chi connectivity index (χ3v) is 4.44. The van der Waals surface area contributed by atoms with Gasteiger partial charge in [-0.25, -0.2) is 4.79 Å². The first-order valence-electron chi connectivity index (χ1n) is 6.39. The number of hydrogen-bond donors (Lipinski definition) is 1. The number of thioether (sulfide) groups is 1. The van der Waals surface area contributed by atoms with Crippen LogP contribution < -0.4 is 14.8 Å². The van der Waals surface area contributed by atoms with E-state index in [1.807, 2.05) is 12.1 Å². The highest BCUT2D eigenvalue weighted by atomic mass is 35.5. The van der Waals surface area contributed by atoms with Crippen LogP contribution in [0.4, 0.5) is 4.79 Å². The lowest BCUT2D eigenvalue weighted by molar-refractivity contribution is -0.124. The molecule has 3 amide bonds. The second-order valence-electron chi connectivity index (χ2n) is 4.57. The van der Waals surface area contributed by atoms with Gasteiger partial charge in [-0.05, 0) is 17.7 Å². The van der Waals surface area contributed by atoms with Crippen molar-refractivity contribution in [1.29, 1.82) is 0 Å². The minimum absolute atomic E-state index is 0.0985. The Hall–Kier alpha value is -1.60. The zero-order valence-electron chi connectivity index (χ0n) is 11.1. The van der Waals surface area contributed by atoms with E-state index in [1.165, 1.54) is 4.90 Å². The number of urea groups is 1. The zero-order chi connectivity index (χ0) is 14.8. The Morgan fingerprint density at radius 2 is 2.19 bits per heavy atom. The summed E-state index contributed by atoms with van der Waals surface area (Å²) in [5.41, 5.74) is 1.02. The molecule has 0 unspecified atom stereocenters. The molecule has 2 aliphatic heterocycles. The number of nitrogens with one attached hydrogen (secondary N) is 1. The number of amides is 3. The van der Waals surface area contributed by atoms with Crippen LogP contribution in [0.2, 0.25) is 5.02 Å². The Morgan fingerprint density at radius 1 is 1.33 bits per heavy atom. The van der Waals surface area contributed by atoms with E-state index in [0.717, 1.165) is 11.3 Å². The summed E-state index contributed by atoms with van der Waals surface area (Å²) in [6, 6.07) is 3.43. The molecular formula is C13H13ClN2O4S. The first-order chi connectivity index (χ1) is 10.1. The highest BCUT2D eigenvalue weighted by Crippen LogP contribution is 2.40. The zero-order valence-corrected chi connectivity index (χ0v) is 12.6. The molecule has 1 aromatic rings. The van der Waals surface area contributed by atoms with Crippen molar-refractivity contribution >= 4 is 35.3 Å². The van der Waals surface area contributed by atoms with Crippen molar-refractivity contribution in [2.45, 2.75) is 5.75 Å². The van der Waals surface area contributed by atoms with E-state index in [0.29, 0.717) is 28.8 Å². The van der Waals surface area contributed by atoms with Gasteiger partial charge in [0.1, 0.15) is 0 Å². The first-order valence-corrected chi connectivity index (χ1v) is 7.92. The van der Waals surface area contributed by atoms with Gasteiger partial charge in [-0.1, -0.05) is 11.6 Å². The summed E-state index contributed by atoms with van der Waals surface area (Å²) in [5.74, 6) is 2.47. The van der Waals surface area contributed by atoms with Gasteiger partial charge in [0.15, 0.2) is 11.5 Å². The Balaban J connectivity index is 1.51. The molecule has 0 atom stereocenters. The largest absolute Gasteiger partial charge is 0.454 e. The molecule has 1 N–H and O–H groups in total. The number of rotatable bonds is 5. The normalized spacial score (nSPS) is 16.5. The van der Waals surface area contributed by atoms with Crippen molar-refractivity contribution in [3.05, 3.63) is 22.7 Å². The molecule has 0 aliphatic carbocycles. The molecule has 1 aromatic carbocycles. The monoisotopic (exact) mass is 328 g/mol. The summed E-state index contributed by atoms with van der Waals surface area (Å²) >= 11 is 7.73. The van der Waals surface area contributed by atoms with Crippen molar-refractivity contribution in [2.75, 3.05) is 25.6 Å². The van der Waals surface area contributed by atoms with Gasteiger partial charge in [-0.2, -0.15) is 11.8 Å². The van der Waals surface area contributed by atoms with E-state index in [-0.39, 0.29) is 25.3 Å². The molecule has 2 aliphatic rings. The predicted molar refractivity (Wildman–Crippen MR) is 78.8 cm³/mol. The number of carbonyl (C=O) groups is 2. The summed E-state index contributed by atoms with van der Waals surface area (Å²) in [5, 5.41) is 3.03. The summed E-state index contributed by atoms with van der Waals surface area (Å²) in [6.07, 6.45) is 0. The van der Waals surface area contributed by atoms with Crippen LogP contribution >= 0.6 is 23.4 Å². The molecule has 1 fully saturated rings. The Labute approximate surface area is 130 Å². The average molecular weight is 329 g/mol. The van der Waals surface area contributed by atoms with Crippen LogP contribution in [0.15, 0.2) is 12.1 Å². The molecule has 21 heavy (non-hydrogen) atoms. The van der Waals surface area contributed by atoms with Crippen LogP contribution in [0.5, 0.6) is 11.5 Å². The summed E-state index contributed by atoms with van der Waals surface area (Å²) < 4.78 is 10.6. The number of carbonyl (C=O) groups excluding carboxylic acids is 2. The molecule has 1 saturated heterocycles. The maximum Gasteiger partial charge on any atom is 0.324 e. The van der Waals surface area contributed by atoms with Crippen molar-refractivity contribution in [3.63, 3.8) is 0 Å². The lowest BCUT2D eigenvalue weighted by Gasteiger charge is -2.11. The molecule has 8 heteroatoms. The predicted octanol–water partition coefficient (Wildman–Crippen LogP) is 1.85. The first kappa shape index (κ1) is 14.3. The number of ether oxygens (including phenoxy) is 2. The maximum atomic E-state index is 11.4. The molecule has 0 spiro atoms. The van der Waals surface area contributed by atoms with Crippen molar-refractivity contribution in [3.8, 4) is 11.5 Å². The lowest BCUT2D eigenvalue weighted by atomic mass is 10.2. The average Bonchev–Trinajstić information content (AvgIpc) is 3.04. The highest BCUT2D eigenvalue weighted by molar-refractivity contribution is 7.98. The van der Waals surface area contributed by atoms with Crippen LogP contribution in [-0.4, -0.2) is 42.5 Å². The van der Waals surface area contributed by atoms with Crippen LogP contribution in [0.3, 0.4) is 0 Å². The second-order valence-corrected chi connectivity index (χ2v) is 6.08. The summed E-state index contributed by atoms with van der Waals surface area (Å²) in [6.45, 7) is 0.701. The Bertz CT molecular complexity index is 580. The van der Waals surface area contributed by atoms with Crippen LogP contribution in [0.1, 0.15) is 5.56 Å². The van der Waals surface area contributed by atoms with Gasteiger partial charge in [0, 0.05) is 18.1 Å². The van der Waals surface area contributed by atoms with Gasteiger partial charge in [-0.15, -0.1) is 0 Å². The molecule has 3 rings (SSSR count). The van der Waals surface area contributed by atoms with E-state index in [4.69, 9.17) is 21.1 Å². The fourth-order valence-electron chi connectivity index (χ4n) is 2.13. The number of benzene rings is 1. The fourth-order valence-corrected chi connectivity index (χ4v) is 3.28. The minimum atomic E-state index is -0.313. The van der Waals surface area contributed by atoms with Gasteiger partial charge < -0.3 is 14.8 Å². The number of hydrogen-bond acceptors (Lipinski definition) is 5. The van der Waals surface area contributed by atoms with E-state index in [9.17, 15) is 9.59 Å². The quantitative estimate of drug-likeness (QED) is 0.660. The van der Waals surface area contributed by atoms with Crippen molar-refractivity contribution in [1.82, 2.24) is 10.2 Å². The number of fused-ring (bicyclic) bond motifs is 1. The topological polar surface area (TPSA) is 67.9 Å². The standard InChI is InChI=1S/C13H13ClN2O4S/c14-9-3-8(4-10-12(9)20-7-19-10)6-21-2-1-16-11(17)5-15-13(16)18/h3-4H,1-2,5-7H2,(H,15,18). The van der Waals surface area contributed by atoms with Crippen molar-refractivity contribution < 1.29 is 19.1 Å². The number of imide groups is 1. The van der Waals surface area contributed by atoms with Gasteiger partial charge in [-0.3, -0.25) is 9.69 Å². The Morgan fingerprint density at radius 3 is 2.95 bits per heavy atom. The SMILES string of the molecule is O=C1CNC(=O)N1CCSCc1cc(Cl)c2c(c1)OCO2. The maximum absolute atomic E-state index is 11.4. The summed E-state index contributed by atoms with van der Waals surface area (Å²) in [4.78, 5) is 24.0. The molecule has 0 bridgehead atoms. The van der Waals surface area contributed by atoms with Gasteiger partial charge in [0.05, 0.1) is 11.6 Å².